The molecule has 0 radical (unpaired) electrons. The maximum Gasteiger partial charge on any atom is 0.351 e. The van der Waals surface area contributed by atoms with Crippen LogP contribution in [0.1, 0.15) is 56.8 Å². The Morgan fingerprint density at radius 2 is 1.68 bits per heavy atom. The van der Waals surface area contributed by atoms with Crippen molar-refractivity contribution in [1.82, 2.24) is 0 Å². The first-order valence-electron chi connectivity index (χ1n) is 8.53. The third-order valence-corrected chi connectivity index (χ3v) is 10.4. The molecule has 1 aromatic heterocycles. The number of rotatable bonds is 7. The van der Waals surface area contributed by atoms with Crippen LogP contribution in [0.5, 0.6) is 0 Å². The van der Waals surface area contributed by atoms with Crippen molar-refractivity contribution in [2.45, 2.75) is 54.1 Å². The molecule has 0 bridgehead atoms. The zero-order chi connectivity index (χ0) is 18.5. The predicted molar refractivity (Wildman–Crippen MR) is 106 cm³/mol. The summed E-state index contributed by atoms with van der Waals surface area (Å²) in [5, 5.41) is 4.87. The third kappa shape index (κ3) is 6.99. The Hall–Kier alpha value is -0.450. The summed E-state index contributed by atoms with van der Waals surface area (Å²) in [5.41, 5.74) is 0.965. The Balaban J connectivity index is 0.00000576. The van der Waals surface area contributed by atoms with Gasteiger partial charge < -0.3 is 27.0 Å². The smallest absolute Gasteiger partial charge is 0.351 e. The number of ether oxygens (including phenoxy) is 1. The fourth-order valence-corrected chi connectivity index (χ4v) is 6.15. The van der Waals surface area contributed by atoms with Gasteiger partial charge in [-0.25, -0.2) is 4.79 Å². The number of carbonyl (C=O) groups is 2. The summed E-state index contributed by atoms with van der Waals surface area (Å²) in [5.74, 6) is -0.362. The SMILES string of the molecule is CC[P+](CC)(CC)CC(=O)Nc1c(C)csc1C(=O)OC(C)(C)C.[Br-]. The number of anilines is 1. The van der Waals surface area contributed by atoms with Gasteiger partial charge in [-0.3, -0.25) is 4.79 Å². The van der Waals surface area contributed by atoms with Gasteiger partial charge in [-0.1, -0.05) is 0 Å². The van der Waals surface area contributed by atoms with Crippen LogP contribution in [0, 0.1) is 6.92 Å². The van der Waals surface area contributed by atoms with E-state index in [4.69, 9.17) is 4.74 Å². The summed E-state index contributed by atoms with van der Waals surface area (Å²) in [4.78, 5) is 25.4. The van der Waals surface area contributed by atoms with E-state index in [1.165, 1.54) is 11.3 Å². The molecule has 1 N–H and O–H groups in total. The van der Waals surface area contributed by atoms with Gasteiger partial charge in [-0.2, -0.15) is 0 Å². The molecule has 0 aliphatic heterocycles. The summed E-state index contributed by atoms with van der Waals surface area (Å²) in [6.07, 6.45) is 3.82. The summed E-state index contributed by atoms with van der Waals surface area (Å²) >= 11 is 1.32. The first-order chi connectivity index (χ1) is 11.1. The van der Waals surface area contributed by atoms with Crippen LogP contribution >= 0.6 is 18.6 Å². The molecule has 25 heavy (non-hydrogen) atoms. The van der Waals surface area contributed by atoms with Crippen LogP contribution in [0.25, 0.3) is 0 Å². The van der Waals surface area contributed by atoms with Gasteiger partial charge in [0.2, 0.25) is 0 Å². The second-order valence-electron chi connectivity index (χ2n) is 7.12. The van der Waals surface area contributed by atoms with Crippen molar-refractivity contribution in [3.05, 3.63) is 15.8 Å². The standard InChI is InChI=1S/C18H30NO3PS.BrH/c1-8-23(9-2,10-3)11-14(20)19-15-13(4)12-24-16(15)17(21)22-18(5,6)7;/h12H,8-11H2,1-7H3;1H. The van der Waals surface area contributed by atoms with Crippen molar-refractivity contribution in [2.24, 2.45) is 0 Å². The Bertz CT molecular complexity index is 583. The molecule has 1 amide bonds. The maximum absolute atomic E-state index is 12.6. The fourth-order valence-electron chi connectivity index (χ4n) is 2.56. The van der Waals surface area contributed by atoms with Crippen LogP contribution in [0.3, 0.4) is 0 Å². The number of amides is 1. The van der Waals surface area contributed by atoms with E-state index >= 15 is 0 Å². The van der Waals surface area contributed by atoms with Crippen LogP contribution in [-0.2, 0) is 9.53 Å². The zero-order valence-corrected chi connectivity index (χ0v) is 19.7. The minimum atomic E-state index is -1.23. The van der Waals surface area contributed by atoms with Gasteiger partial charge >= 0.3 is 5.97 Å². The monoisotopic (exact) mass is 451 g/mol. The van der Waals surface area contributed by atoms with Crippen LogP contribution < -0.4 is 22.3 Å². The molecule has 0 saturated carbocycles. The summed E-state index contributed by atoms with van der Waals surface area (Å²) in [6, 6.07) is 0. The Morgan fingerprint density at radius 1 is 1.16 bits per heavy atom. The van der Waals surface area contributed by atoms with Gasteiger partial charge in [0.05, 0.1) is 24.2 Å². The highest BCUT2D eigenvalue weighted by atomic mass is 79.9. The largest absolute Gasteiger partial charge is 1.00 e. The molecule has 4 nitrogen and oxygen atoms in total. The number of hydrogen-bond donors (Lipinski definition) is 1. The van der Waals surface area contributed by atoms with Gasteiger partial charge in [0, 0.05) is 7.26 Å². The lowest BCUT2D eigenvalue weighted by Gasteiger charge is -2.23. The molecule has 0 atom stereocenters. The highest BCUT2D eigenvalue weighted by Crippen LogP contribution is 2.57. The van der Waals surface area contributed by atoms with Gasteiger partial charge in [0.15, 0.2) is 0 Å². The Morgan fingerprint density at radius 3 is 2.12 bits per heavy atom. The Kier molecular flexibility index (Phi) is 9.85. The minimum Gasteiger partial charge on any atom is -1.00 e. The first-order valence-corrected chi connectivity index (χ1v) is 11.9. The second-order valence-corrected chi connectivity index (χ2v) is 12.9. The van der Waals surface area contributed by atoms with Crippen LogP contribution in [0.15, 0.2) is 5.38 Å². The highest BCUT2D eigenvalue weighted by molar-refractivity contribution is 7.76. The average Bonchev–Trinajstić information content (AvgIpc) is 2.84. The Labute approximate surface area is 167 Å². The van der Waals surface area contributed by atoms with E-state index < -0.39 is 12.9 Å². The zero-order valence-electron chi connectivity index (χ0n) is 16.4. The molecule has 1 heterocycles. The molecule has 0 saturated heterocycles. The quantitative estimate of drug-likeness (QED) is 0.509. The molecule has 7 heteroatoms. The second kappa shape index (κ2) is 10.0. The van der Waals surface area contributed by atoms with E-state index in [0.717, 1.165) is 24.0 Å². The number of hydrogen-bond acceptors (Lipinski definition) is 4. The first kappa shape index (κ1) is 24.6. The van der Waals surface area contributed by atoms with Gasteiger partial charge in [0.1, 0.15) is 16.6 Å². The van der Waals surface area contributed by atoms with E-state index in [1.807, 2.05) is 33.1 Å². The molecule has 1 rings (SSSR count). The van der Waals surface area contributed by atoms with Gasteiger partial charge in [0.25, 0.3) is 5.91 Å². The molecule has 0 aliphatic carbocycles. The minimum absolute atomic E-state index is 0. The van der Waals surface area contributed by atoms with E-state index in [1.54, 1.807) is 0 Å². The van der Waals surface area contributed by atoms with Crippen molar-refractivity contribution in [3.63, 3.8) is 0 Å². The number of carbonyl (C=O) groups excluding carboxylic acids is 2. The van der Waals surface area contributed by atoms with E-state index in [-0.39, 0.29) is 28.9 Å². The van der Waals surface area contributed by atoms with Gasteiger partial charge in [-0.05, 0) is 59.4 Å². The maximum atomic E-state index is 12.6. The lowest BCUT2D eigenvalue weighted by atomic mass is 10.2. The summed E-state index contributed by atoms with van der Waals surface area (Å²) in [7, 11) is -1.23. The van der Waals surface area contributed by atoms with Crippen molar-refractivity contribution in [3.8, 4) is 0 Å². The van der Waals surface area contributed by atoms with E-state index in [0.29, 0.717) is 16.7 Å². The number of halogens is 1. The van der Waals surface area contributed by atoms with Crippen LogP contribution in [0.2, 0.25) is 0 Å². The van der Waals surface area contributed by atoms with Crippen molar-refractivity contribution < 1.29 is 31.3 Å². The van der Waals surface area contributed by atoms with E-state index in [9.17, 15) is 9.59 Å². The number of esters is 1. The molecule has 0 fully saturated rings. The lowest BCUT2D eigenvalue weighted by Crippen LogP contribution is -3.00. The number of nitrogens with one attached hydrogen (secondary N) is 1. The van der Waals surface area contributed by atoms with Crippen LogP contribution in [-0.4, -0.2) is 42.1 Å². The van der Waals surface area contributed by atoms with Crippen LogP contribution in [0.4, 0.5) is 5.69 Å². The molecular weight excluding hydrogens is 421 g/mol. The lowest BCUT2D eigenvalue weighted by molar-refractivity contribution is -0.113. The van der Waals surface area contributed by atoms with Crippen molar-refractivity contribution in [2.75, 3.05) is 30.0 Å². The predicted octanol–water partition coefficient (Wildman–Crippen LogP) is 2.03. The molecule has 0 aromatic carbocycles. The fraction of sp³-hybridized carbons (Fsp3) is 0.667. The average molecular weight is 452 g/mol. The summed E-state index contributed by atoms with van der Waals surface area (Å²) in [6.45, 7) is 14.0. The molecule has 1 aromatic rings. The van der Waals surface area contributed by atoms with Gasteiger partial charge in [-0.15, -0.1) is 11.3 Å². The van der Waals surface area contributed by atoms with Crippen molar-refractivity contribution >= 4 is 36.2 Å². The molecule has 0 spiro atoms. The normalized spacial score (nSPS) is 11.6. The highest BCUT2D eigenvalue weighted by Gasteiger charge is 2.35. The third-order valence-electron chi connectivity index (χ3n) is 4.32. The molecular formula is C18H31BrNO3PS. The molecule has 144 valence electrons. The summed E-state index contributed by atoms with van der Waals surface area (Å²) < 4.78 is 5.45. The molecule has 0 aliphatic rings. The topological polar surface area (TPSA) is 55.4 Å². The number of aryl methyl sites for hydroxylation is 1. The van der Waals surface area contributed by atoms with Crippen molar-refractivity contribution in [1.29, 1.82) is 0 Å². The number of thiophene rings is 1. The van der Waals surface area contributed by atoms with E-state index in [2.05, 4.69) is 26.1 Å². The molecule has 0 unspecified atom stereocenters.